The van der Waals surface area contributed by atoms with Crippen LogP contribution >= 0.6 is 0 Å². The van der Waals surface area contributed by atoms with E-state index in [1.54, 1.807) is 0 Å². The monoisotopic (exact) mass is 420 g/mol. The van der Waals surface area contributed by atoms with Crippen molar-refractivity contribution in [2.24, 2.45) is 10.8 Å². The summed E-state index contributed by atoms with van der Waals surface area (Å²) < 4.78 is 0. The predicted octanol–water partition coefficient (Wildman–Crippen LogP) is 5.00. The summed E-state index contributed by atoms with van der Waals surface area (Å²) in [5.41, 5.74) is 3.93. The molecule has 0 aromatic heterocycles. The number of carbonyl (C=O) groups excluding carboxylic acids is 2. The largest absolute Gasteiger partial charge is 0.356 e. The Morgan fingerprint density at radius 3 is 2.13 bits per heavy atom. The van der Waals surface area contributed by atoms with Gasteiger partial charge in [-0.1, -0.05) is 69.3 Å². The van der Waals surface area contributed by atoms with Gasteiger partial charge < -0.3 is 10.2 Å². The van der Waals surface area contributed by atoms with Crippen molar-refractivity contribution in [3.63, 3.8) is 0 Å². The van der Waals surface area contributed by atoms with E-state index in [9.17, 15) is 9.59 Å². The Hall–Kier alpha value is -2.62. The minimum atomic E-state index is -0.497. The molecule has 1 fully saturated rings. The van der Waals surface area contributed by atoms with Crippen LogP contribution in [0.4, 0.5) is 0 Å². The SMILES string of the molecule is CCNC(=O)C1(Cc2ccccc2-c2ccccc2C)CCN(C(=O)C(C)(C)C)CC1. The topological polar surface area (TPSA) is 49.4 Å². The van der Waals surface area contributed by atoms with Crippen LogP contribution in [0.25, 0.3) is 11.1 Å². The van der Waals surface area contributed by atoms with Crippen LogP contribution in [0.3, 0.4) is 0 Å². The van der Waals surface area contributed by atoms with E-state index >= 15 is 0 Å². The van der Waals surface area contributed by atoms with Gasteiger partial charge in [0.15, 0.2) is 0 Å². The first-order chi connectivity index (χ1) is 14.7. The summed E-state index contributed by atoms with van der Waals surface area (Å²) in [5, 5.41) is 3.08. The van der Waals surface area contributed by atoms with E-state index in [1.165, 1.54) is 22.3 Å². The Bertz CT molecular complexity index is 934. The van der Waals surface area contributed by atoms with Crippen molar-refractivity contribution in [1.29, 1.82) is 0 Å². The number of aryl methyl sites for hydroxylation is 1. The number of amides is 2. The molecular weight excluding hydrogens is 384 g/mol. The Morgan fingerprint density at radius 2 is 1.55 bits per heavy atom. The van der Waals surface area contributed by atoms with Crippen molar-refractivity contribution in [2.75, 3.05) is 19.6 Å². The van der Waals surface area contributed by atoms with Crippen LogP contribution in [0.1, 0.15) is 51.7 Å². The number of piperidine rings is 1. The van der Waals surface area contributed by atoms with Gasteiger partial charge in [-0.25, -0.2) is 0 Å². The molecule has 1 saturated heterocycles. The second-order valence-corrected chi connectivity index (χ2v) is 9.83. The van der Waals surface area contributed by atoms with Crippen LogP contribution < -0.4 is 5.32 Å². The summed E-state index contributed by atoms with van der Waals surface area (Å²) in [6.45, 7) is 11.8. The number of likely N-dealkylation sites (tertiary alicyclic amines) is 1. The van der Waals surface area contributed by atoms with E-state index in [1.807, 2.05) is 32.6 Å². The van der Waals surface area contributed by atoms with Gasteiger partial charge in [0.05, 0.1) is 5.41 Å². The Balaban J connectivity index is 1.92. The smallest absolute Gasteiger partial charge is 0.227 e. The number of carbonyl (C=O) groups is 2. The third-order valence-electron chi connectivity index (χ3n) is 6.45. The highest BCUT2D eigenvalue weighted by molar-refractivity contribution is 5.85. The fraction of sp³-hybridized carbons (Fsp3) is 0.481. The van der Waals surface area contributed by atoms with Gasteiger partial charge in [-0.3, -0.25) is 9.59 Å². The molecule has 2 aromatic rings. The molecule has 1 N–H and O–H groups in total. The normalized spacial score (nSPS) is 16.1. The van der Waals surface area contributed by atoms with Gasteiger partial charge in [-0.2, -0.15) is 0 Å². The van der Waals surface area contributed by atoms with Gasteiger partial charge in [0.1, 0.15) is 0 Å². The Morgan fingerprint density at radius 1 is 0.968 bits per heavy atom. The first-order valence-electron chi connectivity index (χ1n) is 11.4. The second kappa shape index (κ2) is 9.25. The lowest BCUT2D eigenvalue weighted by Gasteiger charge is -2.42. The van der Waals surface area contributed by atoms with Gasteiger partial charge in [-0.15, -0.1) is 0 Å². The molecule has 1 aliphatic rings. The summed E-state index contributed by atoms with van der Waals surface area (Å²) in [5.74, 6) is 0.273. The van der Waals surface area contributed by atoms with Crippen molar-refractivity contribution in [2.45, 2.75) is 53.9 Å². The molecule has 4 heteroatoms. The molecule has 0 atom stereocenters. The highest BCUT2D eigenvalue weighted by Gasteiger charge is 2.43. The van der Waals surface area contributed by atoms with E-state index in [-0.39, 0.29) is 11.8 Å². The number of rotatable bonds is 5. The Labute approximate surface area is 187 Å². The first kappa shape index (κ1) is 23.1. The molecule has 3 rings (SSSR count). The molecule has 0 bridgehead atoms. The lowest BCUT2D eigenvalue weighted by molar-refractivity contribution is -0.145. The number of nitrogens with zero attached hydrogens (tertiary/aromatic N) is 1. The van der Waals surface area contributed by atoms with E-state index in [2.05, 4.69) is 60.8 Å². The molecule has 0 radical (unpaired) electrons. The van der Waals surface area contributed by atoms with Crippen LogP contribution in [0.2, 0.25) is 0 Å². The highest BCUT2D eigenvalue weighted by Crippen LogP contribution is 2.39. The van der Waals surface area contributed by atoms with Crippen LogP contribution in [-0.4, -0.2) is 36.3 Å². The standard InChI is InChI=1S/C27H36N2O2/c1-6-28-24(30)27(15-17-29(18-16-27)25(31)26(3,4)5)19-21-12-8-10-14-23(21)22-13-9-7-11-20(22)2/h7-14H,6,15-19H2,1-5H3,(H,28,30). The molecule has 2 aromatic carbocycles. The van der Waals surface area contributed by atoms with Gasteiger partial charge >= 0.3 is 0 Å². The van der Waals surface area contributed by atoms with Crippen LogP contribution in [0.15, 0.2) is 48.5 Å². The molecule has 1 heterocycles. The number of hydrogen-bond acceptors (Lipinski definition) is 2. The zero-order chi connectivity index (χ0) is 22.6. The van der Waals surface area contributed by atoms with Crippen LogP contribution in [0.5, 0.6) is 0 Å². The van der Waals surface area contributed by atoms with Crippen molar-refractivity contribution in [3.8, 4) is 11.1 Å². The maximum absolute atomic E-state index is 13.3. The summed E-state index contributed by atoms with van der Waals surface area (Å²) in [6, 6.07) is 16.8. The molecule has 0 aliphatic carbocycles. The molecule has 4 nitrogen and oxygen atoms in total. The fourth-order valence-corrected chi connectivity index (χ4v) is 4.62. The zero-order valence-corrected chi connectivity index (χ0v) is 19.6. The van der Waals surface area contributed by atoms with Crippen molar-refractivity contribution in [1.82, 2.24) is 10.2 Å². The summed E-state index contributed by atoms with van der Waals surface area (Å²) >= 11 is 0. The summed E-state index contributed by atoms with van der Waals surface area (Å²) in [4.78, 5) is 28.0. The maximum atomic E-state index is 13.3. The van der Waals surface area contributed by atoms with E-state index in [4.69, 9.17) is 0 Å². The third kappa shape index (κ3) is 5.00. The summed E-state index contributed by atoms with van der Waals surface area (Å²) in [6.07, 6.45) is 2.05. The molecule has 166 valence electrons. The van der Waals surface area contributed by atoms with Crippen molar-refractivity contribution < 1.29 is 9.59 Å². The van der Waals surface area contributed by atoms with Gasteiger partial charge in [-0.05, 0) is 55.4 Å². The molecule has 2 amide bonds. The first-order valence-corrected chi connectivity index (χ1v) is 11.4. The van der Waals surface area contributed by atoms with E-state index < -0.39 is 10.8 Å². The van der Waals surface area contributed by atoms with E-state index in [0.717, 1.165) is 0 Å². The average molecular weight is 421 g/mol. The van der Waals surface area contributed by atoms with E-state index in [0.29, 0.717) is 38.9 Å². The molecule has 0 unspecified atom stereocenters. The quantitative estimate of drug-likeness (QED) is 0.740. The van der Waals surface area contributed by atoms with Gasteiger partial charge in [0.25, 0.3) is 0 Å². The summed E-state index contributed by atoms with van der Waals surface area (Å²) in [7, 11) is 0. The predicted molar refractivity (Wildman–Crippen MR) is 127 cm³/mol. The van der Waals surface area contributed by atoms with Gasteiger partial charge in [0, 0.05) is 25.0 Å². The minimum absolute atomic E-state index is 0.109. The molecular formula is C27H36N2O2. The minimum Gasteiger partial charge on any atom is -0.356 e. The van der Waals surface area contributed by atoms with Crippen molar-refractivity contribution in [3.05, 3.63) is 59.7 Å². The van der Waals surface area contributed by atoms with Crippen molar-refractivity contribution >= 4 is 11.8 Å². The molecule has 1 aliphatic heterocycles. The lowest BCUT2D eigenvalue weighted by Crippen LogP contribution is -2.53. The maximum Gasteiger partial charge on any atom is 0.227 e. The fourth-order valence-electron chi connectivity index (χ4n) is 4.62. The molecule has 0 spiro atoms. The lowest BCUT2D eigenvalue weighted by atomic mass is 9.71. The second-order valence-electron chi connectivity index (χ2n) is 9.83. The Kier molecular flexibility index (Phi) is 6.88. The number of nitrogens with one attached hydrogen (secondary N) is 1. The van der Waals surface area contributed by atoms with Crippen LogP contribution in [0, 0.1) is 17.8 Å². The molecule has 31 heavy (non-hydrogen) atoms. The molecule has 0 saturated carbocycles. The zero-order valence-electron chi connectivity index (χ0n) is 19.6. The van der Waals surface area contributed by atoms with Crippen LogP contribution in [-0.2, 0) is 16.0 Å². The highest BCUT2D eigenvalue weighted by atomic mass is 16.2. The third-order valence-corrected chi connectivity index (χ3v) is 6.45. The number of benzene rings is 2. The average Bonchev–Trinajstić information content (AvgIpc) is 2.74. The van der Waals surface area contributed by atoms with Gasteiger partial charge in [0.2, 0.25) is 11.8 Å². The number of hydrogen-bond donors (Lipinski definition) is 1.